The lowest BCUT2D eigenvalue weighted by Gasteiger charge is -2.15. The van der Waals surface area contributed by atoms with Crippen molar-refractivity contribution >= 4 is 0 Å². The molecule has 0 fully saturated rings. The molecule has 4 nitrogen and oxygen atoms in total. The molecule has 0 spiro atoms. The van der Waals surface area contributed by atoms with Crippen LogP contribution in [0.5, 0.6) is 0 Å². The van der Waals surface area contributed by atoms with Crippen LogP contribution in [-0.4, -0.2) is 28.1 Å². The van der Waals surface area contributed by atoms with Crippen molar-refractivity contribution in [3.8, 4) is 0 Å². The number of rotatable bonds is 5. The molecule has 4 heteroatoms. The van der Waals surface area contributed by atoms with Crippen molar-refractivity contribution in [2.24, 2.45) is 7.05 Å². The number of aryl methyl sites for hydroxylation is 2. The van der Waals surface area contributed by atoms with E-state index >= 15 is 0 Å². The molecule has 1 heterocycles. The fourth-order valence-electron chi connectivity index (χ4n) is 2.14. The van der Waals surface area contributed by atoms with E-state index in [1.807, 2.05) is 20.3 Å². The summed E-state index contributed by atoms with van der Waals surface area (Å²) in [5.41, 5.74) is 3.70. The van der Waals surface area contributed by atoms with Gasteiger partial charge in [0, 0.05) is 25.7 Å². The van der Waals surface area contributed by atoms with Crippen LogP contribution in [0.25, 0.3) is 0 Å². The second-order valence-corrected chi connectivity index (χ2v) is 4.77. The summed E-state index contributed by atoms with van der Waals surface area (Å²) in [7, 11) is 3.89. The van der Waals surface area contributed by atoms with E-state index in [9.17, 15) is 0 Å². The standard InChI is InChI=1S/C14H20N4/c1-11-5-4-6-12(7-11)8-13(15-2)9-14-10-18(3)17-16-14/h4-7,10,13,15H,8-9H2,1-3H3. The van der Waals surface area contributed by atoms with Gasteiger partial charge in [-0.1, -0.05) is 35.0 Å². The van der Waals surface area contributed by atoms with E-state index in [4.69, 9.17) is 0 Å². The van der Waals surface area contributed by atoms with Gasteiger partial charge in [-0.2, -0.15) is 0 Å². The molecule has 1 N–H and O–H groups in total. The van der Waals surface area contributed by atoms with Crippen LogP contribution in [0.15, 0.2) is 30.5 Å². The maximum absolute atomic E-state index is 4.14. The van der Waals surface area contributed by atoms with Gasteiger partial charge in [-0.15, -0.1) is 5.10 Å². The van der Waals surface area contributed by atoms with Gasteiger partial charge >= 0.3 is 0 Å². The Labute approximate surface area is 108 Å². The van der Waals surface area contributed by atoms with E-state index in [2.05, 4.69) is 46.8 Å². The first-order valence-electron chi connectivity index (χ1n) is 6.25. The highest BCUT2D eigenvalue weighted by Gasteiger charge is 2.10. The zero-order valence-electron chi connectivity index (χ0n) is 11.2. The normalized spacial score (nSPS) is 12.6. The van der Waals surface area contributed by atoms with Crippen LogP contribution in [0.4, 0.5) is 0 Å². The Balaban J connectivity index is 2.01. The van der Waals surface area contributed by atoms with Crippen LogP contribution in [0.3, 0.4) is 0 Å². The molecule has 96 valence electrons. The van der Waals surface area contributed by atoms with Gasteiger partial charge in [0.05, 0.1) is 5.69 Å². The van der Waals surface area contributed by atoms with Gasteiger partial charge < -0.3 is 5.32 Å². The Hall–Kier alpha value is -1.68. The average molecular weight is 244 g/mol. The topological polar surface area (TPSA) is 42.7 Å². The number of nitrogens with one attached hydrogen (secondary N) is 1. The van der Waals surface area contributed by atoms with Crippen molar-refractivity contribution in [2.75, 3.05) is 7.05 Å². The molecular formula is C14H20N4. The van der Waals surface area contributed by atoms with Crippen LogP contribution in [0.1, 0.15) is 16.8 Å². The molecule has 1 atom stereocenters. The summed E-state index contributed by atoms with van der Waals surface area (Å²) in [5.74, 6) is 0. The Bertz CT molecular complexity index is 504. The summed E-state index contributed by atoms with van der Waals surface area (Å²) in [6, 6.07) is 9.04. The molecule has 0 aliphatic heterocycles. The molecule has 0 saturated heterocycles. The second-order valence-electron chi connectivity index (χ2n) is 4.77. The molecule has 0 radical (unpaired) electrons. The first-order valence-corrected chi connectivity index (χ1v) is 6.25. The van der Waals surface area contributed by atoms with Crippen LogP contribution in [-0.2, 0) is 19.9 Å². The van der Waals surface area contributed by atoms with Crippen molar-refractivity contribution in [2.45, 2.75) is 25.8 Å². The van der Waals surface area contributed by atoms with E-state index in [1.54, 1.807) is 4.68 Å². The van der Waals surface area contributed by atoms with Gasteiger partial charge in [0.15, 0.2) is 0 Å². The molecule has 0 amide bonds. The highest BCUT2D eigenvalue weighted by molar-refractivity contribution is 5.23. The first kappa shape index (κ1) is 12.8. The quantitative estimate of drug-likeness (QED) is 0.866. The number of hydrogen-bond acceptors (Lipinski definition) is 3. The molecule has 18 heavy (non-hydrogen) atoms. The van der Waals surface area contributed by atoms with Crippen molar-refractivity contribution in [1.29, 1.82) is 0 Å². The Morgan fingerprint density at radius 3 is 2.78 bits per heavy atom. The fourth-order valence-corrected chi connectivity index (χ4v) is 2.14. The monoisotopic (exact) mass is 244 g/mol. The zero-order chi connectivity index (χ0) is 13.0. The number of likely N-dealkylation sites (N-methyl/N-ethyl adjacent to an activating group) is 1. The van der Waals surface area contributed by atoms with Gasteiger partial charge in [-0.05, 0) is 26.0 Å². The zero-order valence-corrected chi connectivity index (χ0v) is 11.2. The fraction of sp³-hybridized carbons (Fsp3) is 0.429. The van der Waals surface area contributed by atoms with Crippen LogP contribution < -0.4 is 5.32 Å². The minimum Gasteiger partial charge on any atom is -0.316 e. The summed E-state index contributed by atoms with van der Waals surface area (Å²) in [4.78, 5) is 0. The molecular weight excluding hydrogens is 224 g/mol. The van der Waals surface area contributed by atoms with E-state index in [0.29, 0.717) is 6.04 Å². The lowest BCUT2D eigenvalue weighted by molar-refractivity contribution is 0.549. The molecule has 0 saturated carbocycles. The van der Waals surface area contributed by atoms with E-state index in [0.717, 1.165) is 18.5 Å². The summed E-state index contributed by atoms with van der Waals surface area (Å²) >= 11 is 0. The number of benzene rings is 1. The van der Waals surface area contributed by atoms with Crippen molar-refractivity contribution < 1.29 is 0 Å². The molecule has 0 bridgehead atoms. The van der Waals surface area contributed by atoms with Gasteiger partial charge in [-0.3, -0.25) is 4.68 Å². The minimum absolute atomic E-state index is 0.392. The summed E-state index contributed by atoms with van der Waals surface area (Å²) in [6.07, 6.45) is 3.88. The lowest BCUT2D eigenvalue weighted by Crippen LogP contribution is -2.30. The third-order valence-electron chi connectivity index (χ3n) is 3.08. The van der Waals surface area contributed by atoms with E-state index in [-0.39, 0.29) is 0 Å². The Morgan fingerprint density at radius 1 is 1.33 bits per heavy atom. The van der Waals surface area contributed by atoms with Crippen LogP contribution in [0.2, 0.25) is 0 Å². The predicted octanol–water partition coefficient (Wildman–Crippen LogP) is 1.50. The van der Waals surface area contributed by atoms with Gasteiger partial charge in [-0.25, -0.2) is 0 Å². The molecule has 2 aromatic rings. The SMILES string of the molecule is CNC(Cc1cccc(C)c1)Cc1cn(C)nn1. The van der Waals surface area contributed by atoms with Crippen molar-refractivity contribution in [3.05, 3.63) is 47.3 Å². The van der Waals surface area contributed by atoms with Crippen LogP contribution in [0, 0.1) is 6.92 Å². The maximum atomic E-state index is 4.14. The molecule has 1 aromatic heterocycles. The highest BCUT2D eigenvalue weighted by Crippen LogP contribution is 2.09. The summed E-state index contributed by atoms with van der Waals surface area (Å²) in [5, 5.41) is 11.5. The minimum atomic E-state index is 0.392. The molecule has 1 unspecified atom stereocenters. The molecule has 1 aromatic carbocycles. The molecule has 2 rings (SSSR count). The highest BCUT2D eigenvalue weighted by atomic mass is 15.4. The number of aromatic nitrogens is 3. The average Bonchev–Trinajstić information content (AvgIpc) is 2.74. The first-order chi connectivity index (χ1) is 8.67. The third kappa shape index (κ3) is 3.40. The smallest absolute Gasteiger partial charge is 0.0842 e. The number of nitrogens with zero attached hydrogens (tertiary/aromatic N) is 3. The van der Waals surface area contributed by atoms with Crippen molar-refractivity contribution in [1.82, 2.24) is 20.3 Å². The maximum Gasteiger partial charge on any atom is 0.0842 e. The molecule has 0 aliphatic rings. The van der Waals surface area contributed by atoms with E-state index in [1.165, 1.54) is 11.1 Å². The number of hydrogen-bond donors (Lipinski definition) is 1. The largest absolute Gasteiger partial charge is 0.316 e. The second kappa shape index (κ2) is 5.78. The predicted molar refractivity (Wildman–Crippen MR) is 72.4 cm³/mol. The van der Waals surface area contributed by atoms with Gasteiger partial charge in [0.25, 0.3) is 0 Å². The summed E-state index contributed by atoms with van der Waals surface area (Å²) < 4.78 is 1.74. The lowest BCUT2D eigenvalue weighted by atomic mass is 10.0. The molecule has 0 aliphatic carbocycles. The van der Waals surface area contributed by atoms with Gasteiger partial charge in [0.1, 0.15) is 0 Å². The van der Waals surface area contributed by atoms with Crippen molar-refractivity contribution in [3.63, 3.8) is 0 Å². The third-order valence-corrected chi connectivity index (χ3v) is 3.08. The Morgan fingerprint density at radius 2 is 2.17 bits per heavy atom. The van der Waals surface area contributed by atoms with Crippen LogP contribution >= 0.6 is 0 Å². The summed E-state index contributed by atoms with van der Waals surface area (Å²) in [6.45, 7) is 2.13. The Kier molecular flexibility index (Phi) is 4.10. The van der Waals surface area contributed by atoms with E-state index < -0.39 is 0 Å². The van der Waals surface area contributed by atoms with Gasteiger partial charge in [0.2, 0.25) is 0 Å².